The van der Waals surface area contributed by atoms with E-state index < -0.39 is 0 Å². The zero-order chi connectivity index (χ0) is 22.1. The number of methoxy groups -OCH3 is 1. The van der Waals surface area contributed by atoms with Crippen LogP contribution in [0.2, 0.25) is 0 Å². The molecule has 2 aliphatic rings. The molecule has 0 bridgehead atoms. The summed E-state index contributed by atoms with van der Waals surface area (Å²) in [4.78, 5) is 23.2. The van der Waals surface area contributed by atoms with Crippen LogP contribution in [0.25, 0.3) is 0 Å². The molecule has 0 aliphatic carbocycles. The van der Waals surface area contributed by atoms with Crippen LogP contribution < -0.4 is 14.8 Å². The highest BCUT2D eigenvalue weighted by Crippen LogP contribution is 2.19. The number of carbonyl (C=O) groups is 1. The lowest BCUT2D eigenvalue weighted by molar-refractivity contribution is -0.136. The summed E-state index contributed by atoms with van der Waals surface area (Å²) < 4.78 is 16.6. The number of benzene rings is 1. The van der Waals surface area contributed by atoms with E-state index in [1.807, 2.05) is 36.1 Å². The van der Waals surface area contributed by atoms with E-state index in [-0.39, 0.29) is 12.0 Å². The molecule has 0 saturated carbocycles. The van der Waals surface area contributed by atoms with Crippen molar-refractivity contribution in [1.29, 1.82) is 0 Å². The molecule has 9 heteroatoms. The predicted octanol–water partition coefficient (Wildman–Crippen LogP) is 0.514. The van der Waals surface area contributed by atoms with E-state index in [4.69, 9.17) is 14.2 Å². The van der Waals surface area contributed by atoms with Gasteiger partial charge >= 0.3 is 0 Å². The summed E-state index contributed by atoms with van der Waals surface area (Å²) >= 11 is 0. The Balaban J connectivity index is 1.39. The lowest BCUT2D eigenvalue weighted by atomic mass is 10.3. The molecule has 2 saturated heterocycles. The first-order chi connectivity index (χ1) is 15.1. The van der Waals surface area contributed by atoms with Gasteiger partial charge in [-0.25, -0.2) is 0 Å². The number of aliphatic imine (C=N–C) groups is 1. The highest BCUT2D eigenvalue weighted by atomic mass is 16.5. The van der Waals surface area contributed by atoms with E-state index >= 15 is 0 Å². The summed E-state index contributed by atoms with van der Waals surface area (Å²) in [5.74, 6) is 2.61. The van der Waals surface area contributed by atoms with Gasteiger partial charge in [-0.15, -0.1) is 0 Å². The van der Waals surface area contributed by atoms with Crippen LogP contribution in [0.1, 0.15) is 6.92 Å². The maximum Gasteiger partial charge on any atom is 0.236 e. The van der Waals surface area contributed by atoms with Gasteiger partial charge in [0, 0.05) is 52.4 Å². The van der Waals surface area contributed by atoms with Crippen LogP contribution in [0.15, 0.2) is 29.3 Å². The molecule has 0 aromatic heterocycles. The molecule has 31 heavy (non-hydrogen) atoms. The zero-order valence-electron chi connectivity index (χ0n) is 18.9. The minimum atomic E-state index is -0.0312. The quantitative estimate of drug-likeness (QED) is 0.496. The van der Waals surface area contributed by atoms with Crippen molar-refractivity contribution in [2.45, 2.75) is 13.0 Å². The van der Waals surface area contributed by atoms with E-state index in [0.29, 0.717) is 39.4 Å². The van der Waals surface area contributed by atoms with Crippen molar-refractivity contribution >= 4 is 11.9 Å². The Bertz CT molecular complexity index is 730. The molecule has 1 N–H and O–H groups in total. The van der Waals surface area contributed by atoms with Gasteiger partial charge in [0.15, 0.2) is 5.96 Å². The van der Waals surface area contributed by atoms with E-state index in [1.165, 1.54) is 0 Å². The molecule has 1 unspecified atom stereocenters. The number of ether oxygens (including phenoxy) is 3. The van der Waals surface area contributed by atoms with E-state index in [1.54, 1.807) is 14.2 Å². The molecule has 2 aliphatic heterocycles. The van der Waals surface area contributed by atoms with Crippen LogP contribution in [0.5, 0.6) is 11.5 Å². The third-order valence-corrected chi connectivity index (χ3v) is 5.53. The lowest BCUT2D eigenvalue weighted by Crippen LogP contribution is -2.55. The Hall–Kier alpha value is -2.52. The number of guanidine groups is 1. The topological polar surface area (TPSA) is 78.9 Å². The number of nitrogens with zero attached hydrogens (tertiary/aromatic N) is 4. The van der Waals surface area contributed by atoms with Crippen LogP contribution in [0.4, 0.5) is 0 Å². The van der Waals surface area contributed by atoms with Gasteiger partial charge in [-0.05, 0) is 19.1 Å². The van der Waals surface area contributed by atoms with Gasteiger partial charge in [0.2, 0.25) is 5.91 Å². The van der Waals surface area contributed by atoms with Crippen LogP contribution in [-0.4, -0.2) is 112 Å². The standard InChI is InChI=1S/C22H35N5O4/c1-18(31-20-6-4-5-19(15-20)29-3)16-24-22(23-2)27-9-7-25(8-10-27)17-21(28)26-11-13-30-14-12-26/h4-6,15,18H,7-14,16-17H2,1-3H3,(H,23,24). The number of hydrogen-bond donors (Lipinski definition) is 1. The van der Waals surface area contributed by atoms with Crippen LogP contribution in [-0.2, 0) is 9.53 Å². The number of piperazine rings is 1. The SMILES string of the molecule is CN=C(NCC(C)Oc1cccc(OC)c1)N1CCN(CC(=O)N2CCOCC2)CC1. The highest BCUT2D eigenvalue weighted by Gasteiger charge is 2.24. The minimum absolute atomic E-state index is 0.0312. The molecule has 1 aromatic rings. The molecule has 9 nitrogen and oxygen atoms in total. The molecular weight excluding hydrogens is 398 g/mol. The molecular formula is C22H35N5O4. The van der Waals surface area contributed by atoms with Crippen molar-refractivity contribution < 1.29 is 19.0 Å². The summed E-state index contributed by atoms with van der Waals surface area (Å²) in [6, 6.07) is 7.61. The van der Waals surface area contributed by atoms with Gasteiger partial charge in [-0.3, -0.25) is 14.7 Å². The first-order valence-electron chi connectivity index (χ1n) is 10.9. The second-order valence-electron chi connectivity index (χ2n) is 7.79. The van der Waals surface area contributed by atoms with Gasteiger partial charge < -0.3 is 29.3 Å². The maximum absolute atomic E-state index is 12.5. The van der Waals surface area contributed by atoms with Gasteiger partial charge in [-0.2, -0.15) is 0 Å². The summed E-state index contributed by atoms with van der Waals surface area (Å²) in [6.07, 6.45) is -0.0312. The predicted molar refractivity (Wildman–Crippen MR) is 120 cm³/mol. The Morgan fingerprint density at radius 2 is 1.84 bits per heavy atom. The molecule has 2 heterocycles. The second-order valence-corrected chi connectivity index (χ2v) is 7.79. The van der Waals surface area contributed by atoms with Crippen molar-refractivity contribution in [2.24, 2.45) is 4.99 Å². The lowest BCUT2D eigenvalue weighted by Gasteiger charge is -2.37. The van der Waals surface area contributed by atoms with Crippen molar-refractivity contribution in [3.05, 3.63) is 24.3 Å². The van der Waals surface area contributed by atoms with E-state index in [0.717, 1.165) is 43.6 Å². The highest BCUT2D eigenvalue weighted by molar-refractivity contribution is 5.80. The van der Waals surface area contributed by atoms with Crippen LogP contribution in [0.3, 0.4) is 0 Å². The Labute approximate surface area is 184 Å². The summed E-state index contributed by atoms with van der Waals surface area (Å²) in [5.41, 5.74) is 0. The number of carbonyl (C=O) groups excluding carboxylic acids is 1. The third-order valence-electron chi connectivity index (χ3n) is 5.53. The molecule has 1 amide bonds. The third kappa shape index (κ3) is 7.00. The molecule has 1 aromatic carbocycles. The zero-order valence-corrected chi connectivity index (χ0v) is 18.9. The van der Waals surface area contributed by atoms with Gasteiger partial charge in [-0.1, -0.05) is 6.07 Å². The second kappa shape index (κ2) is 11.8. The number of amides is 1. The fourth-order valence-corrected chi connectivity index (χ4v) is 3.74. The molecule has 0 radical (unpaired) electrons. The normalized spacial score (nSPS) is 19.1. The molecule has 0 spiro atoms. The van der Waals surface area contributed by atoms with Crippen molar-refractivity contribution in [1.82, 2.24) is 20.0 Å². The monoisotopic (exact) mass is 433 g/mol. The van der Waals surface area contributed by atoms with Gasteiger partial charge in [0.05, 0.1) is 33.4 Å². The van der Waals surface area contributed by atoms with E-state index in [9.17, 15) is 4.79 Å². The molecule has 172 valence electrons. The molecule has 1 atom stereocenters. The number of hydrogen-bond acceptors (Lipinski definition) is 6. The Morgan fingerprint density at radius 1 is 1.13 bits per heavy atom. The van der Waals surface area contributed by atoms with Gasteiger partial charge in [0.1, 0.15) is 17.6 Å². The average molecular weight is 434 g/mol. The maximum atomic E-state index is 12.5. The first kappa shape index (κ1) is 23.1. The van der Waals surface area contributed by atoms with E-state index in [2.05, 4.69) is 20.1 Å². The largest absolute Gasteiger partial charge is 0.497 e. The Morgan fingerprint density at radius 3 is 2.52 bits per heavy atom. The van der Waals surface area contributed by atoms with Gasteiger partial charge in [0.25, 0.3) is 0 Å². The van der Waals surface area contributed by atoms with Crippen LogP contribution in [0, 0.1) is 0 Å². The smallest absolute Gasteiger partial charge is 0.236 e. The number of morpholine rings is 1. The fourth-order valence-electron chi connectivity index (χ4n) is 3.74. The summed E-state index contributed by atoms with van der Waals surface area (Å²) in [6.45, 7) is 9.17. The minimum Gasteiger partial charge on any atom is -0.497 e. The first-order valence-corrected chi connectivity index (χ1v) is 10.9. The fraction of sp³-hybridized carbons (Fsp3) is 0.636. The number of rotatable bonds is 7. The molecule has 2 fully saturated rings. The van der Waals surface area contributed by atoms with Crippen molar-refractivity contribution in [3.8, 4) is 11.5 Å². The summed E-state index contributed by atoms with van der Waals surface area (Å²) in [7, 11) is 3.44. The van der Waals surface area contributed by atoms with Crippen molar-refractivity contribution in [3.63, 3.8) is 0 Å². The number of nitrogens with one attached hydrogen (secondary N) is 1. The summed E-state index contributed by atoms with van der Waals surface area (Å²) in [5, 5.41) is 3.41. The average Bonchev–Trinajstić information content (AvgIpc) is 2.81. The molecule has 3 rings (SSSR count). The van der Waals surface area contributed by atoms with Crippen LogP contribution >= 0.6 is 0 Å². The Kier molecular flexibility index (Phi) is 8.78. The van der Waals surface area contributed by atoms with Crippen molar-refractivity contribution in [2.75, 3.05) is 79.7 Å².